The van der Waals surface area contributed by atoms with Gasteiger partial charge >= 0.3 is 0 Å². The van der Waals surface area contributed by atoms with E-state index in [2.05, 4.69) is 5.38 Å². The lowest BCUT2D eigenvalue weighted by molar-refractivity contribution is 0.536. The summed E-state index contributed by atoms with van der Waals surface area (Å²) in [5.41, 5.74) is 3.12. The quantitative estimate of drug-likeness (QED) is 0.770. The van der Waals surface area contributed by atoms with E-state index in [0.29, 0.717) is 0 Å². The third-order valence-electron chi connectivity index (χ3n) is 2.09. The summed E-state index contributed by atoms with van der Waals surface area (Å²) in [6, 6.07) is 9.64. The Morgan fingerprint density at radius 2 is 1.87 bits per heavy atom. The van der Waals surface area contributed by atoms with Gasteiger partial charge in [0, 0.05) is 5.75 Å². The fourth-order valence-corrected chi connectivity index (χ4v) is 2.49. The first-order valence-corrected chi connectivity index (χ1v) is 6.62. The largest absolute Gasteiger partial charge is 0.772 e. The number of hydrogen-bond donors (Lipinski definition) is 0. The molecule has 0 fully saturated rings. The van der Waals surface area contributed by atoms with E-state index >= 15 is 0 Å². The zero-order valence-electron chi connectivity index (χ0n) is 7.88. The molecule has 0 N–H and O–H groups in total. The Hall–Kier alpha value is -0.970. The summed E-state index contributed by atoms with van der Waals surface area (Å²) in [7, 11) is 0. The van der Waals surface area contributed by atoms with E-state index in [1.807, 2.05) is 35.7 Å². The van der Waals surface area contributed by atoms with Crippen molar-refractivity contribution in [3.05, 3.63) is 46.7 Å². The van der Waals surface area contributed by atoms with Crippen LogP contribution in [0.3, 0.4) is 0 Å². The Bertz CT molecular complexity index is 446. The maximum atomic E-state index is 10.5. The van der Waals surface area contributed by atoms with E-state index < -0.39 is 11.1 Å². The summed E-state index contributed by atoms with van der Waals surface area (Å²) in [6.07, 6.45) is 0. The summed E-state index contributed by atoms with van der Waals surface area (Å²) >= 11 is -0.357. The Balaban J connectivity index is 2.21. The van der Waals surface area contributed by atoms with Crippen LogP contribution in [0.1, 0.15) is 5.56 Å². The minimum absolute atomic E-state index is 0.0872. The van der Waals surface area contributed by atoms with Crippen molar-refractivity contribution in [2.45, 2.75) is 5.75 Å². The zero-order chi connectivity index (χ0) is 10.7. The summed E-state index contributed by atoms with van der Waals surface area (Å²) in [5.74, 6) is 0.0872. The van der Waals surface area contributed by atoms with Crippen molar-refractivity contribution in [3.63, 3.8) is 0 Å². The van der Waals surface area contributed by atoms with Crippen LogP contribution in [-0.2, 0) is 16.8 Å². The summed E-state index contributed by atoms with van der Waals surface area (Å²) < 4.78 is 21.0. The minimum atomic E-state index is -2.01. The number of hydrogen-bond acceptors (Lipinski definition) is 3. The second-order valence-electron chi connectivity index (χ2n) is 3.16. The molecule has 1 aromatic carbocycles. The molecule has 0 aliphatic carbocycles. The van der Waals surface area contributed by atoms with Crippen molar-refractivity contribution in [1.29, 1.82) is 0 Å². The Labute approximate surface area is 94.9 Å². The first-order valence-electron chi connectivity index (χ1n) is 4.43. The molecule has 2 nitrogen and oxygen atoms in total. The molecule has 0 amide bonds. The van der Waals surface area contributed by atoms with E-state index in [-0.39, 0.29) is 5.75 Å². The van der Waals surface area contributed by atoms with Gasteiger partial charge in [-0.05, 0) is 33.5 Å². The highest BCUT2D eigenvalue weighted by Crippen LogP contribution is 2.22. The van der Waals surface area contributed by atoms with Gasteiger partial charge in [-0.25, -0.2) is 0 Å². The lowest BCUT2D eigenvalue weighted by atomic mass is 10.1. The van der Waals surface area contributed by atoms with Crippen molar-refractivity contribution in [3.8, 4) is 11.1 Å². The molecule has 1 atom stereocenters. The van der Waals surface area contributed by atoms with Crippen LogP contribution in [0.4, 0.5) is 0 Å². The predicted molar refractivity (Wildman–Crippen MR) is 62.4 cm³/mol. The van der Waals surface area contributed by atoms with Crippen LogP contribution >= 0.6 is 11.3 Å². The van der Waals surface area contributed by atoms with E-state index in [1.54, 1.807) is 11.3 Å². The van der Waals surface area contributed by atoms with Crippen molar-refractivity contribution < 1.29 is 8.76 Å². The van der Waals surface area contributed by atoms with E-state index in [4.69, 9.17) is 0 Å². The molecule has 0 saturated heterocycles. The highest BCUT2D eigenvalue weighted by Gasteiger charge is 1.98. The average Bonchev–Trinajstić information content (AvgIpc) is 2.71. The van der Waals surface area contributed by atoms with Gasteiger partial charge in [0.1, 0.15) is 0 Å². The molecule has 1 aromatic heterocycles. The van der Waals surface area contributed by atoms with Gasteiger partial charge in [-0.3, -0.25) is 4.21 Å². The van der Waals surface area contributed by atoms with Crippen LogP contribution in [0.15, 0.2) is 41.1 Å². The van der Waals surface area contributed by atoms with Crippen molar-refractivity contribution in [1.82, 2.24) is 0 Å². The molecule has 2 rings (SSSR count). The molecular weight excluding hydrogens is 228 g/mol. The molecule has 0 aliphatic heterocycles. The molecule has 1 unspecified atom stereocenters. The molecule has 0 bridgehead atoms. The van der Waals surface area contributed by atoms with Gasteiger partial charge in [0.2, 0.25) is 0 Å². The first-order chi connectivity index (χ1) is 7.25. The van der Waals surface area contributed by atoms with Gasteiger partial charge in [0.25, 0.3) is 0 Å². The third kappa shape index (κ3) is 2.75. The molecule has 0 saturated carbocycles. The average molecular weight is 237 g/mol. The highest BCUT2D eigenvalue weighted by atomic mass is 32.2. The maximum absolute atomic E-state index is 10.5. The second-order valence-corrected chi connectivity index (χ2v) is 4.83. The minimum Gasteiger partial charge on any atom is -0.772 e. The van der Waals surface area contributed by atoms with E-state index in [9.17, 15) is 8.76 Å². The smallest absolute Gasteiger partial charge is 0.0353 e. The molecule has 0 spiro atoms. The van der Waals surface area contributed by atoms with Crippen LogP contribution in [0.25, 0.3) is 11.1 Å². The van der Waals surface area contributed by atoms with Gasteiger partial charge in [0.05, 0.1) is 0 Å². The lowest BCUT2D eigenvalue weighted by Gasteiger charge is -2.05. The topological polar surface area (TPSA) is 40.1 Å². The molecule has 2 aromatic rings. The fourth-order valence-electron chi connectivity index (χ4n) is 1.36. The Morgan fingerprint density at radius 1 is 1.13 bits per heavy atom. The monoisotopic (exact) mass is 237 g/mol. The van der Waals surface area contributed by atoms with Crippen LogP contribution in [0, 0.1) is 0 Å². The van der Waals surface area contributed by atoms with Gasteiger partial charge in [-0.2, -0.15) is 11.3 Å². The SMILES string of the molecule is O=S([O-])Cc1ccc(-c2ccsc2)cc1. The van der Waals surface area contributed by atoms with Crippen molar-refractivity contribution in [2.24, 2.45) is 0 Å². The highest BCUT2D eigenvalue weighted by molar-refractivity contribution is 7.78. The van der Waals surface area contributed by atoms with Gasteiger partial charge in [-0.15, -0.1) is 0 Å². The number of benzene rings is 1. The molecule has 4 heteroatoms. The predicted octanol–water partition coefficient (Wildman–Crippen LogP) is 2.79. The number of rotatable bonds is 3. The van der Waals surface area contributed by atoms with Gasteiger partial charge in [-0.1, -0.05) is 35.3 Å². The van der Waals surface area contributed by atoms with E-state index in [1.165, 1.54) is 5.56 Å². The van der Waals surface area contributed by atoms with E-state index in [0.717, 1.165) is 11.1 Å². The van der Waals surface area contributed by atoms with Crippen LogP contribution in [0.2, 0.25) is 0 Å². The zero-order valence-corrected chi connectivity index (χ0v) is 9.51. The van der Waals surface area contributed by atoms with Gasteiger partial charge in [0.15, 0.2) is 0 Å². The summed E-state index contributed by atoms with van der Waals surface area (Å²) in [6.45, 7) is 0. The van der Waals surface area contributed by atoms with Crippen molar-refractivity contribution in [2.75, 3.05) is 0 Å². The molecule has 0 radical (unpaired) electrons. The molecular formula is C11H9O2S2-. The molecule has 15 heavy (non-hydrogen) atoms. The molecule has 1 heterocycles. The fraction of sp³-hybridized carbons (Fsp3) is 0.0909. The third-order valence-corrected chi connectivity index (χ3v) is 3.35. The second kappa shape index (κ2) is 4.70. The normalized spacial score (nSPS) is 12.6. The Kier molecular flexibility index (Phi) is 3.30. The lowest BCUT2D eigenvalue weighted by Crippen LogP contribution is -1.92. The first kappa shape index (κ1) is 10.5. The maximum Gasteiger partial charge on any atom is 0.0353 e. The van der Waals surface area contributed by atoms with Crippen molar-refractivity contribution >= 4 is 22.4 Å². The summed E-state index contributed by atoms with van der Waals surface area (Å²) in [4.78, 5) is 0. The molecule has 0 aliphatic rings. The standard InChI is InChI=1S/C11H10O2S2/c12-15(13)8-9-1-3-10(4-2-9)11-5-6-14-7-11/h1-7H,8H2,(H,12,13)/p-1. The molecule has 78 valence electrons. The van der Waals surface area contributed by atoms with Gasteiger partial charge < -0.3 is 4.55 Å². The summed E-state index contributed by atoms with van der Waals surface area (Å²) in [5, 5.41) is 4.09. The van der Waals surface area contributed by atoms with Crippen LogP contribution in [-0.4, -0.2) is 8.76 Å². The Morgan fingerprint density at radius 3 is 2.40 bits per heavy atom. The van der Waals surface area contributed by atoms with Crippen LogP contribution in [0.5, 0.6) is 0 Å². The number of thiophene rings is 1. The van der Waals surface area contributed by atoms with Crippen LogP contribution < -0.4 is 0 Å².